The van der Waals surface area contributed by atoms with Gasteiger partial charge < -0.3 is 15.0 Å². The van der Waals surface area contributed by atoms with Crippen LogP contribution in [0.1, 0.15) is 45.2 Å². The van der Waals surface area contributed by atoms with Gasteiger partial charge in [-0.2, -0.15) is 5.10 Å². The third kappa shape index (κ3) is 5.86. The minimum absolute atomic E-state index is 0.174. The Balaban J connectivity index is 1.10. The molecule has 2 N–H and O–H groups in total. The van der Waals surface area contributed by atoms with Gasteiger partial charge in [-0.1, -0.05) is 29.5 Å². The Morgan fingerprint density at radius 2 is 1.85 bits per heavy atom. The number of piperidine rings is 1. The van der Waals surface area contributed by atoms with E-state index in [0.717, 1.165) is 75.3 Å². The lowest BCUT2D eigenvalue weighted by atomic mass is 9.78. The van der Waals surface area contributed by atoms with Gasteiger partial charge in [-0.25, -0.2) is 10.1 Å². The number of aromatic nitrogens is 4. The summed E-state index contributed by atoms with van der Waals surface area (Å²) < 4.78 is 6.06. The SMILES string of the molecule is Cc1csc(N2CCC(CNC(=O)c3ccc(OCc4cc(C)nc5ccccc45)cc3)(c3n[nH]c(=O)s3)CC2)n1. The third-order valence-electron chi connectivity index (χ3n) is 7.52. The number of rotatable bonds is 8. The molecule has 11 heteroatoms. The molecule has 5 aromatic rings. The summed E-state index contributed by atoms with van der Waals surface area (Å²) in [6, 6.07) is 17.2. The summed E-state index contributed by atoms with van der Waals surface area (Å²) in [4.78, 5) is 36.4. The number of ether oxygens (including phenoxy) is 1. The predicted molar refractivity (Wildman–Crippen MR) is 162 cm³/mol. The lowest BCUT2D eigenvalue weighted by molar-refractivity contribution is 0.0938. The van der Waals surface area contributed by atoms with E-state index in [4.69, 9.17) is 4.74 Å². The second-order valence-electron chi connectivity index (χ2n) is 10.4. The first-order chi connectivity index (χ1) is 19.9. The molecule has 1 aliphatic heterocycles. The highest BCUT2D eigenvalue weighted by Crippen LogP contribution is 2.37. The lowest BCUT2D eigenvalue weighted by Crippen LogP contribution is -2.49. The van der Waals surface area contributed by atoms with Crippen LogP contribution in [0, 0.1) is 13.8 Å². The highest BCUT2D eigenvalue weighted by Gasteiger charge is 2.40. The van der Waals surface area contributed by atoms with E-state index < -0.39 is 5.41 Å². The van der Waals surface area contributed by atoms with E-state index in [0.29, 0.717) is 24.5 Å². The number of hydrogen-bond donors (Lipinski definition) is 2. The molecular weight excluding hydrogens is 557 g/mol. The van der Waals surface area contributed by atoms with Crippen LogP contribution in [-0.2, 0) is 12.0 Å². The molecule has 9 nitrogen and oxygen atoms in total. The second kappa shape index (κ2) is 11.4. The highest BCUT2D eigenvalue weighted by molar-refractivity contribution is 7.13. The minimum Gasteiger partial charge on any atom is -0.489 e. The van der Waals surface area contributed by atoms with Gasteiger partial charge >= 0.3 is 4.87 Å². The van der Waals surface area contributed by atoms with Gasteiger partial charge in [0.05, 0.1) is 11.2 Å². The smallest absolute Gasteiger partial charge is 0.322 e. The van der Waals surface area contributed by atoms with Crippen molar-refractivity contribution in [2.24, 2.45) is 0 Å². The summed E-state index contributed by atoms with van der Waals surface area (Å²) in [5.41, 5.74) is 4.09. The van der Waals surface area contributed by atoms with E-state index in [-0.39, 0.29) is 10.8 Å². The Kier molecular flexibility index (Phi) is 7.55. The molecule has 3 aromatic heterocycles. The van der Waals surface area contributed by atoms with Crippen molar-refractivity contribution in [1.82, 2.24) is 25.5 Å². The van der Waals surface area contributed by atoms with Gasteiger partial charge in [-0.05, 0) is 63.1 Å². The predicted octanol–water partition coefficient (Wildman–Crippen LogP) is 5.00. The number of nitrogens with zero attached hydrogens (tertiary/aromatic N) is 4. The topological polar surface area (TPSA) is 113 Å². The Bertz CT molecular complexity index is 1740. The summed E-state index contributed by atoms with van der Waals surface area (Å²) >= 11 is 2.76. The fourth-order valence-electron chi connectivity index (χ4n) is 5.27. The maximum absolute atomic E-state index is 13.2. The molecule has 0 unspecified atom stereocenters. The summed E-state index contributed by atoms with van der Waals surface area (Å²) in [5, 5.41) is 14.9. The molecule has 4 heterocycles. The number of carbonyl (C=O) groups is 1. The molecule has 0 atom stereocenters. The van der Waals surface area contributed by atoms with Gasteiger partial charge in [0.15, 0.2) is 5.13 Å². The first-order valence-corrected chi connectivity index (χ1v) is 15.2. The van der Waals surface area contributed by atoms with Crippen LogP contribution in [0.4, 0.5) is 5.13 Å². The number of para-hydroxylation sites is 1. The zero-order chi connectivity index (χ0) is 28.4. The molecule has 0 radical (unpaired) electrons. The van der Waals surface area contributed by atoms with Gasteiger partial charge in [0.1, 0.15) is 17.4 Å². The molecule has 0 aliphatic carbocycles. The van der Waals surface area contributed by atoms with Crippen molar-refractivity contribution in [2.45, 2.75) is 38.7 Å². The molecule has 1 fully saturated rings. The van der Waals surface area contributed by atoms with Gasteiger partial charge in [0.2, 0.25) is 0 Å². The van der Waals surface area contributed by atoms with E-state index in [1.54, 1.807) is 23.5 Å². The van der Waals surface area contributed by atoms with Crippen LogP contribution in [0.25, 0.3) is 10.9 Å². The molecule has 6 rings (SSSR count). The Morgan fingerprint density at radius 3 is 2.56 bits per heavy atom. The number of aromatic amines is 1. The Hall–Kier alpha value is -4.09. The monoisotopic (exact) mass is 586 g/mol. The number of H-pyrrole nitrogens is 1. The molecule has 41 heavy (non-hydrogen) atoms. The lowest BCUT2D eigenvalue weighted by Gasteiger charge is -2.40. The number of anilines is 1. The number of thiazole rings is 1. The molecular formula is C30H30N6O3S2. The molecule has 0 bridgehead atoms. The van der Waals surface area contributed by atoms with E-state index in [1.165, 1.54) is 0 Å². The van der Waals surface area contributed by atoms with Gasteiger partial charge in [0.25, 0.3) is 5.91 Å². The first kappa shape index (κ1) is 27.1. The molecule has 0 spiro atoms. The van der Waals surface area contributed by atoms with Crippen LogP contribution in [0.3, 0.4) is 0 Å². The van der Waals surface area contributed by atoms with Gasteiger partial charge in [-0.15, -0.1) is 11.3 Å². The quantitative estimate of drug-likeness (QED) is 0.263. The molecule has 2 aromatic carbocycles. The second-order valence-corrected chi connectivity index (χ2v) is 12.2. The zero-order valence-electron chi connectivity index (χ0n) is 22.8. The molecule has 0 saturated carbocycles. The molecule has 210 valence electrons. The Labute approximate surface area is 245 Å². The van der Waals surface area contributed by atoms with E-state index in [2.05, 4.69) is 35.8 Å². The van der Waals surface area contributed by atoms with Crippen molar-refractivity contribution in [3.05, 3.63) is 97.2 Å². The summed E-state index contributed by atoms with van der Waals surface area (Å²) in [5.74, 6) is 0.509. The fourth-order valence-corrected chi connectivity index (χ4v) is 6.97. The van der Waals surface area contributed by atoms with Gasteiger partial charge in [-0.3, -0.25) is 14.6 Å². The van der Waals surface area contributed by atoms with Crippen molar-refractivity contribution in [3.63, 3.8) is 0 Å². The number of nitrogens with one attached hydrogen (secondary N) is 2. The number of pyridine rings is 1. The normalized spacial score (nSPS) is 14.7. The van der Waals surface area contributed by atoms with Crippen molar-refractivity contribution in [3.8, 4) is 5.75 Å². The molecule has 1 aliphatic rings. The van der Waals surface area contributed by atoms with Crippen LogP contribution in [0.15, 0.2) is 64.8 Å². The maximum Gasteiger partial charge on any atom is 0.322 e. The van der Waals surface area contributed by atoms with Crippen molar-refractivity contribution >= 4 is 44.6 Å². The van der Waals surface area contributed by atoms with Crippen LogP contribution >= 0.6 is 22.7 Å². The standard InChI is InChI=1S/C30H30N6O3S2/c1-19-15-22(24-5-3-4-6-25(24)32-19)16-39-23-9-7-21(8-10-23)26(37)31-18-30(27-34-35-29(38)41-27)11-13-36(14-12-30)28-33-20(2)17-40-28/h3-10,15,17H,11-14,16,18H2,1-2H3,(H,31,37)(H,35,38). The van der Waals surface area contributed by atoms with Crippen LogP contribution in [0.5, 0.6) is 5.75 Å². The minimum atomic E-state index is -0.420. The first-order valence-electron chi connectivity index (χ1n) is 13.5. The van der Waals surface area contributed by atoms with Crippen LogP contribution in [0.2, 0.25) is 0 Å². The highest BCUT2D eigenvalue weighted by atomic mass is 32.1. The number of amides is 1. The van der Waals surface area contributed by atoms with Crippen molar-refractivity contribution < 1.29 is 9.53 Å². The van der Waals surface area contributed by atoms with Gasteiger partial charge in [0, 0.05) is 52.6 Å². The van der Waals surface area contributed by atoms with Crippen LogP contribution < -0.4 is 19.8 Å². The third-order valence-corrected chi connectivity index (χ3v) is 9.53. The zero-order valence-corrected chi connectivity index (χ0v) is 24.5. The largest absolute Gasteiger partial charge is 0.489 e. The summed E-state index contributed by atoms with van der Waals surface area (Å²) in [7, 11) is 0. The number of aryl methyl sites for hydroxylation is 2. The average molecular weight is 587 g/mol. The molecule has 1 amide bonds. The maximum atomic E-state index is 13.2. The van der Waals surface area contributed by atoms with E-state index in [1.807, 2.05) is 56.3 Å². The van der Waals surface area contributed by atoms with E-state index >= 15 is 0 Å². The van der Waals surface area contributed by atoms with Crippen LogP contribution in [-0.4, -0.2) is 45.7 Å². The number of fused-ring (bicyclic) bond motifs is 1. The van der Waals surface area contributed by atoms with Crippen molar-refractivity contribution in [2.75, 3.05) is 24.5 Å². The number of hydrogen-bond acceptors (Lipinski definition) is 9. The summed E-state index contributed by atoms with van der Waals surface area (Å²) in [6.07, 6.45) is 1.51. The molecule has 1 saturated heterocycles. The number of benzene rings is 2. The number of carbonyl (C=O) groups excluding carboxylic acids is 1. The average Bonchev–Trinajstić information content (AvgIpc) is 3.63. The van der Waals surface area contributed by atoms with E-state index in [9.17, 15) is 9.59 Å². The fraction of sp³-hybridized carbons (Fsp3) is 0.300. The Morgan fingerprint density at radius 1 is 1.07 bits per heavy atom. The van der Waals surface area contributed by atoms with Crippen molar-refractivity contribution in [1.29, 1.82) is 0 Å². The summed E-state index contributed by atoms with van der Waals surface area (Å²) in [6.45, 7) is 6.31.